The number of nitrogens with one attached hydrogen (secondary N) is 1. The van der Waals surface area contributed by atoms with E-state index >= 15 is 0 Å². The second-order valence-electron chi connectivity index (χ2n) is 8.91. The normalized spacial score (nSPS) is 26.5. The lowest BCUT2D eigenvalue weighted by Crippen LogP contribution is -2.49. The average Bonchev–Trinajstić information content (AvgIpc) is 3.09. The SMILES string of the molecule is COC1(CO)CC2CCC(C1)C2S(=O)(=O)c1cc(C(=O)Nc2cc(F)c(F)c(F)c2)ccc1Cl. The number of benzene rings is 2. The second-order valence-corrected chi connectivity index (χ2v) is 11.4. The third-order valence-electron chi connectivity index (χ3n) is 6.93. The minimum Gasteiger partial charge on any atom is -0.393 e. The highest BCUT2D eigenvalue weighted by atomic mass is 35.5. The topological polar surface area (TPSA) is 92.7 Å². The molecule has 34 heavy (non-hydrogen) atoms. The maximum atomic E-state index is 13.7. The fraction of sp³-hybridized carbons (Fsp3) is 0.435. The van der Waals surface area contributed by atoms with Crippen molar-refractivity contribution in [3.05, 3.63) is 58.4 Å². The zero-order valence-corrected chi connectivity index (χ0v) is 19.7. The lowest BCUT2D eigenvalue weighted by Gasteiger charge is -2.42. The van der Waals surface area contributed by atoms with Crippen molar-refractivity contribution >= 4 is 33.0 Å². The zero-order valence-electron chi connectivity index (χ0n) is 18.2. The largest absolute Gasteiger partial charge is 0.393 e. The van der Waals surface area contributed by atoms with E-state index in [0.717, 1.165) is 6.07 Å². The van der Waals surface area contributed by atoms with Crippen LogP contribution < -0.4 is 5.32 Å². The Morgan fingerprint density at radius 1 is 1.15 bits per heavy atom. The van der Waals surface area contributed by atoms with Crippen LogP contribution in [0.2, 0.25) is 5.02 Å². The third kappa shape index (κ3) is 4.32. The van der Waals surface area contributed by atoms with Crippen LogP contribution in [0.4, 0.5) is 18.9 Å². The number of rotatable bonds is 6. The van der Waals surface area contributed by atoms with Crippen LogP contribution in [-0.4, -0.2) is 44.0 Å². The van der Waals surface area contributed by atoms with E-state index in [9.17, 15) is 31.5 Å². The molecule has 2 aromatic carbocycles. The first-order valence-electron chi connectivity index (χ1n) is 10.7. The molecule has 2 aliphatic carbocycles. The highest BCUT2D eigenvalue weighted by Gasteiger charge is 2.54. The van der Waals surface area contributed by atoms with E-state index in [-0.39, 0.29) is 39.6 Å². The lowest BCUT2D eigenvalue weighted by atomic mass is 9.77. The Kier molecular flexibility index (Phi) is 6.71. The van der Waals surface area contributed by atoms with Crippen molar-refractivity contribution < 1.29 is 36.2 Å². The number of sulfone groups is 1. The summed E-state index contributed by atoms with van der Waals surface area (Å²) < 4.78 is 73.0. The molecule has 4 rings (SSSR count). The van der Waals surface area contributed by atoms with Crippen molar-refractivity contribution in [2.24, 2.45) is 11.8 Å². The molecule has 0 spiro atoms. The van der Waals surface area contributed by atoms with Gasteiger partial charge in [0, 0.05) is 30.5 Å². The van der Waals surface area contributed by atoms with Crippen molar-refractivity contribution in [3.8, 4) is 0 Å². The van der Waals surface area contributed by atoms with Gasteiger partial charge in [-0.15, -0.1) is 0 Å². The van der Waals surface area contributed by atoms with Crippen molar-refractivity contribution in [1.29, 1.82) is 0 Å². The van der Waals surface area contributed by atoms with Crippen molar-refractivity contribution in [1.82, 2.24) is 0 Å². The van der Waals surface area contributed by atoms with Gasteiger partial charge in [0.25, 0.3) is 5.91 Å². The van der Waals surface area contributed by atoms with Gasteiger partial charge < -0.3 is 15.2 Å². The number of methoxy groups -OCH3 is 1. The molecule has 0 saturated heterocycles. The summed E-state index contributed by atoms with van der Waals surface area (Å²) in [6.07, 6.45) is 2.11. The molecule has 2 unspecified atom stereocenters. The highest BCUT2D eigenvalue weighted by Crippen LogP contribution is 2.52. The van der Waals surface area contributed by atoms with E-state index in [1.165, 1.54) is 19.2 Å². The number of hydrogen-bond donors (Lipinski definition) is 2. The summed E-state index contributed by atoms with van der Waals surface area (Å²) in [5.41, 5.74) is -1.20. The monoisotopic (exact) mass is 517 g/mol. The molecule has 2 atom stereocenters. The Morgan fingerprint density at radius 2 is 1.74 bits per heavy atom. The first-order chi connectivity index (χ1) is 16.0. The molecule has 0 heterocycles. The standard InChI is InChI=1S/C23H23ClF3NO5S/c1-33-23(11-29)9-13-2-3-14(10-23)21(13)34(31,32)19-6-12(4-5-16(19)24)22(30)28-15-7-17(25)20(27)18(26)8-15/h4-8,13-14,21,29H,2-3,9-11H2,1H3,(H,28,30). The number of aliphatic hydroxyl groups excluding tert-OH is 1. The lowest BCUT2D eigenvalue weighted by molar-refractivity contribution is -0.0903. The van der Waals surface area contributed by atoms with E-state index in [0.29, 0.717) is 37.8 Å². The van der Waals surface area contributed by atoms with E-state index in [2.05, 4.69) is 5.32 Å². The van der Waals surface area contributed by atoms with Crippen LogP contribution >= 0.6 is 11.6 Å². The Bertz CT molecular complexity index is 1200. The molecule has 2 aliphatic rings. The minimum atomic E-state index is -3.96. The van der Waals surface area contributed by atoms with Crippen LogP contribution in [0, 0.1) is 29.3 Å². The number of fused-ring (bicyclic) bond motifs is 2. The molecule has 6 nitrogen and oxygen atoms in total. The fourth-order valence-corrected chi connectivity index (χ4v) is 8.17. The van der Waals surface area contributed by atoms with Crippen LogP contribution in [-0.2, 0) is 14.6 Å². The van der Waals surface area contributed by atoms with Gasteiger partial charge in [0.1, 0.15) is 0 Å². The Balaban J connectivity index is 1.63. The van der Waals surface area contributed by atoms with Gasteiger partial charge in [0.15, 0.2) is 27.3 Å². The Morgan fingerprint density at radius 3 is 2.26 bits per heavy atom. The number of carbonyl (C=O) groups is 1. The fourth-order valence-electron chi connectivity index (χ4n) is 5.32. The van der Waals surface area contributed by atoms with Gasteiger partial charge in [-0.1, -0.05) is 11.6 Å². The first kappa shape index (κ1) is 25.0. The summed E-state index contributed by atoms with van der Waals surface area (Å²) >= 11 is 6.23. The number of amides is 1. The van der Waals surface area contributed by atoms with E-state index < -0.39 is 44.0 Å². The molecule has 2 bridgehead atoms. The third-order valence-corrected chi connectivity index (χ3v) is 9.81. The number of anilines is 1. The molecular formula is C23H23ClF3NO5S. The van der Waals surface area contributed by atoms with Gasteiger partial charge in [-0.3, -0.25) is 4.79 Å². The van der Waals surface area contributed by atoms with Crippen LogP contribution in [0.5, 0.6) is 0 Å². The number of ether oxygens (including phenoxy) is 1. The average molecular weight is 518 g/mol. The van der Waals surface area contributed by atoms with Crippen molar-refractivity contribution in [3.63, 3.8) is 0 Å². The van der Waals surface area contributed by atoms with Crippen LogP contribution in [0.3, 0.4) is 0 Å². The Labute approximate surface area is 200 Å². The predicted molar refractivity (Wildman–Crippen MR) is 119 cm³/mol. The van der Waals surface area contributed by atoms with Crippen LogP contribution in [0.25, 0.3) is 0 Å². The molecule has 0 radical (unpaired) electrons. The number of halogens is 4. The molecule has 0 aliphatic heterocycles. The molecule has 11 heteroatoms. The van der Waals surface area contributed by atoms with Crippen LogP contribution in [0.1, 0.15) is 36.0 Å². The highest BCUT2D eigenvalue weighted by molar-refractivity contribution is 7.92. The summed E-state index contributed by atoms with van der Waals surface area (Å²) in [6.45, 7) is -0.204. The Hall–Kier alpha value is -2.14. The molecule has 2 N–H and O–H groups in total. The van der Waals surface area contributed by atoms with Crippen molar-refractivity contribution in [2.45, 2.75) is 41.4 Å². The van der Waals surface area contributed by atoms with Crippen LogP contribution in [0.15, 0.2) is 35.2 Å². The molecule has 2 aromatic rings. The quantitative estimate of drug-likeness (QED) is 0.556. The van der Waals surface area contributed by atoms with Gasteiger partial charge >= 0.3 is 0 Å². The number of carbonyl (C=O) groups excluding carboxylic acids is 1. The summed E-state index contributed by atoms with van der Waals surface area (Å²) in [4.78, 5) is 12.4. The molecule has 2 saturated carbocycles. The molecule has 1 amide bonds. The van der Waals surface area contributed by atoms with Crippen molar-refractivity contribution in [2.75, 3.05) is 19.0 Å². The van der Waals surface area contributed by atoms with E-state index in [1.54, 1.807) is 0 Å². The van der Waals surface area contributed by atoms with Gasteiger partial charge in [-0.25, -0.2) is 21.6 Å². The summed E-state index contributed by atoms with van der Waals surface area (Å²) in [7, 11) is -2.46. The van der Waals surface area contributed by atoms with Gasteiger partial charge in [-0.2, -0.15) is 0 Å². The maximum Gasteiger partial charge on any atom is 0.255 e. The summed E-state index contributed by atoms with van der Waals surface area (Å²) in [5, 5.41) is 11.3. The second kappa shape index (κ2) is 9.14. The summed E-state index contributed by atoms with van der Waals surface area (Å²) in [6, 6.07) is 4.92. The smallest absolute Gasteiger partial charge is 0.255 e. The zero-order chi connectivity index (χ0) is 24.8. The van der Waals surface area contributed by atoms with Gasteiger partial charge in [0.2, 0.25) is 0 Å². The molecular weight excluding hydrogens is 495 g/mol. The van der Waals surface area contributed by atoms with E-state index in [4.69, 9.17) is 16.3 Å². The maximum absolute atomic E-state index is 13.7. The van der Waals surface area contributed by atoms with E-state index in [1.807, 2.05) is 0 Å². The minimum absolute atomic E-state index is 0.0550. The van der Waals surface area contributed by atoms with Gasteiger partial charge in [-0.05, 0) is 55.7 Å². The number of aliphatic hydroxyl groups is 1. The molecule has 2 fully saturated rings. The summed E-state index contributed by atoms with van der Waals surface area (Å²) in [5.74, 6) is -5.94. The molecule has 184 valence electrons. The van der Waals surface area contributed by atoms with Gasteiger partial charge in [0.05, 0.1) is 27.4 Å². The molecule has 0 aromatic heterocycles. The predicted octanol–water partition coefficient (Wildman–Crippen LogP) is 4.35. The number of hydrogen-bond acceptors (Lipinski definition) is 5. The first-order valence-corrected chi connectivity index (χ1v) is 12.6.